The molecule has 2 rings (SSSR count). The van der Waals surface area contributed by atoms with Crippen LogP contribution in [0.3, 0.4) is 0 Å². The molecule has 1 aromatic carbocycles. The van der Waals surface area contributed by atoms with Crippen LogP contribution < -0.4 is 10.1 Å². The minimum absolute atomic E-state index is 0.0624. The molecule has 1 amide bonds. The van der Waals surface area contributed by atoms with Gasteiger partial charge in [0.2, 0.25) is 5.91 Å². The third kappa shape index (κ3) is 5.21. The van der Waals surface area contributed by atoms with Crippen molar-refractivity contribution in [3.63, 3.8) is 0 Å². The molecular formula is C14H13BrF2N4O4. The van der Waals surface area contributed by atoms with Gasteiger partial charge < -0.3 is 10.1 Å². The van der Waals surface area contributed by atoms with E-state index in [2.05, 4.69) is 26.3 Å². The zero-order chi connectivity index (χ0) is 18.6. The number of nitrogens with zero attached hydrogens (tertiary/aromatic N) is 3. The number of nitro benzene ring substituents is 1. The summed E-state index contributed by atoms with van der Waals surface area (Å²) in [6, 6.07) is 3.35. The first kappa shape index (κ1) is 18.8. The SMILES string of the molecule is Cc1c(Br)cnn1CC(=O)Nc1cc(OCC(F)F)cc([N+](=O)[O-])c1. The lowest BCUT2D eigenvalue weighted by molar-refractivity contribution is -0.384. The number of anilines is 1. The predicted octanol–water partition coefficient (Wildman–Crippen LogP) is 3.14. The van der Waals surface area contributed by atoms with E-state index in [9.17, 15) is 23.7 Å². The molecule has 0 aliphatic rings. The lowest BCUT2D eigenvalue weighted by Gasteiger charge is -2.10. The van der Waals surface area contributed by atoms with Gasteiger partial charge in [-0.1, -0.05) is 0 Å². The van der Waals surface area contributed by atoms with Crippen molar-refractivity contribution < 1.29 is 23.2 Å². The fraction of sp³-hybridized carbons (Fsp3) is 0.286. The Kier molecular flexibility index (Phi) is 6.02. The number of ether oxygens (including phenoxy) is 1. The number of hydrogen-bond acceptors (Lipinski definition) is 5. The Morgan fingerprint density at radius 1 is 1.48 bits per heavy atom. The Labute approximate surface area is 149 Å². The maximum absolute atomic E-state index is 12.2. The van der Waals surface area contributed by atoms with Crippen molar-refractivity contribution in [1.29, 1.82) is 0 Å². The molecule has 0 fully saturated rings. The third-order valence-corrected chi connectivity index (χ3v) is 3.88. The van der Waals surface area contributed by atoms with Crippen molar-refractivity contribution in [1.82, 2.24) is 9.78 Å². The highest BCUT2D eigenvalue weighted by atomic mass is 79.9. The molecule has 0 saturated carbocycles. The van der Waals surface area contributed by atoms with Gasteiger partial charge in [-0.2, -0.15) is 5.10 Å². The molecule has 2 aromatic rings. The van der Waals surface area contributed by atoms with Crippen LogP contribution in [0.1, 0.15) is 5.69 Å². The number of amides is 1. The van der Waals surface area contributed by atoms with Gasteiger partial charge in [-0.15, -0.1) is 0 Å². The molecule has 11 heteroatoms. The normalized spacial score (nSPS) is 10.8. The van der Waals surface area contributed by atoms with Crippen LogP contribution in [0.2, 0.25) is 0 Å². The Bertz CT molecular complexity index is 797. The fourth-order valence-corrected chi connectivity index (χ4v) is 2.22. The first-order valence-electron chi connectivity index (χ1n) is 6.94. The average molecular weight is 419 g/mol. The molecule has 0 aliphatic carbocycles. The first-order valence-corrected chi connectivity index (χ1v) is 7.73. The highest BCUT2D eigenvalue weighted by molar-refractivity contribution is 9.10. The molecule has 134 valence electrons. The molecule has 8 nitrogen and oxygen atoms in total. The summed E-state index contributed by atoms with van der Waals surface area (Å²) in [6.45, 7) is 0.733. The average Bonchev–Trinajstić information content (AvgIpc) is 2.84. The Hall–Kier alpha value is -2.56. The van der Waals surface area contributed by atoms with Gasteiger partial charge in [0.25, 0.3) is 12.1 Å². The van der Waals surface area contributed by atoms with Crippen LogP contribution in [-0.2, 0) is 11.3 Å². The lowest BCUT2D eigenvalue weighted by atomic mass is 10.2. The Balaban J connectivity index is 2.15. The molecule has 1 N–H and O–H groups in total. The van der Waals surface area contributed by atoms with Crippen LogP contribution in [-0.4, -0.2) is 33.6 Å². The largest absolute Gasteiger partial charge is 0.487 e. The predicted molar refractivity (Wildman–Crippen MR) is 87.9 cm³/mol. The number of hydrogen-bond donors (Lipinski definition) is 1. The number of carbonyl (C=O) groups is 1. The molecule has 1 heterocycles. The molecule has 25 heavy (non-hydrogen) atoms. The molecule has 0 spiro atoms. The Morgan fingerprint density at radius 2 is 2.20 bits per heavy atom. The highest BCUT2D eigenvalue weighted by Crippen LogP contribution is 2.26. The number of nitro groups is 1. The zero-order valence-corrected chi connectivity index (χ0v) is 14.5. The van der Waals surface area contributed by atoms with E-state index in [0.717, 1.165) is 22.3 Å². The number of rotatable bonds is 7. The number of benzene rings is 1. The smallest absolute Gasteiger partial charge is 0.275 e. The number of halogens is 3. The molecule has 0 unspecified atom stereocenters. The number of carbonyl (C=O) groups excluding carboxylic acids is 1. The zero-order valence-electron chi connectivity index (χ0n) is 12.9. The molecule has 0 saturated heterocycles. The van der Waals surface area contributed by atoms with Crippen molar-refractivity contribution in [2.24, 2.45) is 0 Å². The molecular weight excluding hydrogens is 406 g/mol. The van der Waals surface area contributed by atoms with E-state index in [1.165, 1.54) is 16.9 Å². The van der Waals surface area contributed by atoms with Gasteiger partial charge in [0.05, 0.1) is 33.0 Å². The number of aromatic nitrogens is 2. The second-order valence-corrected chi connectivity index (χ2v) is 5.81. The lowest BCUT2D eigenvalue weighted by Crippen LogP contribution is -2.20. The highest BCUT2D eigenvalue weighted by Gasteiger charge is 2.15. The van der Waals surface area contributed by atoms with Gasteiger partial charge in [0.15, 0.2) is 0 Å². The van der Waals surface area contributed by atoms with E-state index in [0.29, 0.717) is 0 Å². The van der Waals surface area contributed by atoms with E-state index in [1.54, 1.807) is 6.92 Å². The standard InChI is InChI=1S/C14H13BrF2N4O4/c1-8-12(15)5-18-20(8)6-14(22)19-9-2-10(21(23)24)4-11(3-9)25-7-13(16)17/h2-5,13H,6-7H2,1H3,(H,19,22). The number of nitrogens with one attached hydrogen (secondary N) is 1. The topological polar surface area (TPSA) is 99.3 Å². The van der Waals surface area contributed by atoms with E-state index in [4.69, 9.17) is 4.74 Å². The van der Waals surface area contributed by atoms with E-state index >= 15 is 0 Å². The van der Waals surface area contributed by atoms with Gasteiger partial charge in [0, 0.05) is 12.1 Å². The van der Waals surface area contributed by atoms with Crippen LogP contribution in [0.4, 0.5) is 20.2 Å². The summed E-state index contributed by atoms with van der Waals surface area (Å²) in [5.74, 6) is -0.623. The molecule has 0 radical (unpaired) electrons. The summed E-state index contributed by atoms with van der Waals surface area (Å²) in [4.78, 5) is 22.3. The minimum Gasteiger partial charge on any atom is -0.487 e. The van der Waals surface area contributed by atoms with Crippen LogP contribution in [0, 0.1) is 17.0 Å². The maximum Gasteiger partial charge on any atom is 0.275 e. The van der Waals surface area contributed by atoms with Crippen molar-refractivity contribution in [3.8, 4) is 5.75 Å². The molecule has 0 atom stereocenters. The van der Waals surface area contributed by atoms with Crippen molar-refractivity contribution in [2.75, 3.05) is 11.9 Å². The molecule has 0 bridgehead atoms. The molecule has 1 aromatic heterocycles. The summed E-state index contributed by atoms with van der Waals surface area (Å²) >= 11 is 3.27. The van der Waals surface area contributed by atoms with Gasteiger partial charge in [0.1, 0.15) is 18.9 Å². The van der Waals surface area contributed by atoms with Crippen LogP contribution in [0.15, 0.2) is 28.9 Å². The van der Waals surface area contributed by atoms with Gasteiger partial charge in [-0.05, 0) is 22.9 Å². The van der Waals surface area contributed by atoms with Crippen molar-refractivity contribution in [3.05, 3.63) is 44.7 Å². The van der Waals surface area contributed by atoms with E-state index in [-0.39, 0.29) is 23.7 Å². The monoisotopic (exact) mass is 418 g/mol. The quantitative estimate of drug-likeness (QED) is 0.549. The summed E-state index contributed by atoms with van der Waals surface area (Å²) in [7, 11) is 0. The molecule has 0 aliphatic heterocycles. The Morgan fingerprint density at radius 3 is 2.76 bits per heavy atom. The van der Waals surface area contributed by atoms with Crippen molar-refractivity contribution >= 4 is 33.2 Å². The summed E-state index contributed by atoms with van der Waals surface area (Å²) in [5, 5.41) is 17.4. The van der Waals surface area contributed by atoms with Gasteiger partial charge in [-0.3, -0.25) is 19.6 Å². The second kappa shape index (κ2) is 8.01. The van der Waals surface area contributed by atoms with Gasteiger partial charge in [-0.25, -0.2) is 8.78 Å². The second-order valence-electron chi connectivity index (χ2n) is 4.96. The number of non-ortho nitro benzene ring substituents is 1. The summed E-state index contributed by atoms with van der Waals surface area (Å²) < 4.78 is 31.4. The maximum atomic E-state index is 12.2. The van der Waals surface area contributed by atoms with E-state index < -0.39 is 23.9 Å². The van der Waals surface area contributed by atoms with E-state index in [1.807, 2.05) is 0 Å². The summed E-state index contributed by atoms with van der Waals surface area (Å²) in [6.07, 6.45) is -1.19. The van der Waals surface area contributed by atoms with Crippen LogP contribution >= 0.6 is 15.9 Å². The first-order chi connectivity index (χ1) is 11.8. The van der Waals surface area contributed by atoms with Crippen LogP contribution in [0.5, 0.6) is 5.75 Å². The summed E-state index contributed by atoms with van der Waals surface area (Å²) in [5.41, 5.74) is 0.405. The number of alkyl halides is 2. The van der Waals surface area contributed by atoms with Crippen LogP contribution in [0.25, 0.3) is 0 Å². The third-order valence-electron chi connectivity index (χ3n) is 3.10. The van der Waals surface area contributed by atoms with Gasteiger partial charge >= 0.3 is 0 Å². The minimum atomic E-state index is -2.72. The van der Waals surface area contributed by atoms with Crippen molar-refractivity contribution in [2.45, 2.75) is 19.9 Å². The fourth-order valence-electron chi connectivity index (χ4n) is 1.92.